The summed E-state index contributed by atoms with van der Waals surface area (Å²) in [7, 11) is 3.05. The van der Waals surface area contributed by atoms with E-state index in [0.29, 0.717) is 28.7 Å². The van der Waals surface area contributed by atoms with Gasteiger partial charge in [-0.15, -0.1) is 10.2 Å². The number of carbonyl (C=O) groups is 2. The number of nitriles is 1. The molecule has 2 amide bonds. The average molecular weight is 596 g/mol. The van der Waals surface area contributed by atoms with E-state index >= 15 is 0 Å². The molecule has 3 heterocycles. The van der Waals surface area contributed by atoms with E-state index in [-0.39, 0.29) is 29.8 Å². The van der Waals surface area contributed by atoms with Gasteiger partial charge in [-0.05, 0) is 25.0 Å². The summed E-state index contributed by atoms with van der Waals surface area (Å²) >= 11 is 0. The molecule has 224 valence electrons. The molecule has 0 atom stereocenters. The molecule has 1 aromatic carbocycles. The van der Waals surface area contributed by atoms with Crippen molar-refractivity contribution in [2.24, 2.45) is 0 Å². The van der Waals surface area contributed by atoms with E-state index in [9.17, 15) is 9.59 Å². The van der Waals surface area contributed by atoms with Crippen LogP contribution in [0.3, 0.4) is 0 Å². The number of para-hydroxylation sites is 1. The maximum Gasteiger partial charge on any atom is 0.413 e. The second kappa shape index (κ2) is 12.3. The number of nitrogens with one attached hydrogen (secondary N) is 3. The monoisotopic (exact) mass is 595 g/mol. The smallest absolute Gasteiger partial charge is 0.413 e. The fraction of sp³-hybridized carbons (Fsp3) is 0.300. The molecular weight excluding hydrogens is 566 g/mol. The summed E-state index contributed by atoms with van der Waals surface area (Å²) in [5, 5.41) is 30.0. The number of hydrogen-bond acceptors (Lipinski definition) is 11. The SMILES string of the molecule is CNC(=O)c1nnc(NC(=O)OC2CC2)cc1Nc1cccc(-c2cnn(C3CC(Oc4cccc(C#N)n4)C3)c2)c1OC. The van der Waals surface area contributed by atoms with Gasteiger partial charge in [0.1, 0.15) is 29.7 Å². The van der Waals surface area contributed by atoms with Crippen molar-refractivity contribution in [1.29, 1.82) is 5.26 Å². The molecule has 0 bridgehead atoms. The number of anilines is 3. The molecule has 2 fully saturated rings. The highest BCUT2D eigenvalue weighted by Gasteiger charge is 2.33. The van der Waals surface area contributed by atoms with Gasteiger partial charge in [0.25, 0.3) is 5.91 Å². The van der Waals surface area contributed by atoms with Crippen molar-refractivity contribution >= 4 is 29.2 Å². The lowest BCUT2D eigenvalue weighted by Crippen LogP contribution is -2.35. The molecule has 4 aromatic rings. The number of nitrogens with zero attached hydrogens (tertiary/aromatic N) is 6. The molecule has 44 heavy (non-hydrogen) atoms. The number of ether oxygens (including phenoxy) is 3. The van der Waals surface area contributed by atoms with Gasteiger partial charge in [0, 0.05) is 49.3 Å². The summed E-state index contributed by atoms with van der Waals surface area (Å²) < 4.78 is 18.9. The Bertz CT molecular complexity index is 1740. The quantitative estimate of drug-likeness (QED) is 0.239. The summed E-state index contributed by atoms with van der Waals surface area (Å²) in [4.78, 5) is 28.9. The first kappa shape index (κ1) is 28.4. The lowest BCUT2D eigenvalue weighted by Gasteiger charge is -2.35. The first-order chi connectivity index (χ1) is 21.4. The Balaban J connectivity index is 1.18. The fourth-order valence-corrected chi connectivity index (χ4v) is 4.77. The molecule has 2 aliphatic carbocycles. The van der Waals surface area contributed by atoms with Crippen molar-refractivity contribution in [3.8, 4) is 28.8 Å². The van der Waals surface area contributed by atoms with Gasteiger partial charge >= 0.3 is 6.09 Å². The first-order valence-electron chi connectivity index (χ1n) is 14.0. The summed E-state index contributed by atoms with van der Waals surface area (Å²) in [5.74, 6) is 0.624. The largest absolute Gasteiger partial charge is 0.494 e. The zero-order valence-electron chi connectivity index (χ0n) is 24.0. The van der Waals surface area contributed by atoms with Gasteiger partial charge in [-0.2, -0.15) is 10.4 Å². The number of aromatic nitrogens is 5. The van der Waals surface area contributed by atoms with Gasteiger partial charge in [0.05, 0.1) is 30.7 Å². The number of pyridine rings is 1. The van der Waals surface area contributed by atoms with Crippen LogP contribution in [0.5, 0.6) is 11.6 Å². The molecular formula is C30H29N9O5. The van der Waals surface area contributed by atoms with E-state index in [2.05, 4.69) is 36.2 Å². The number of hydrogen-bond donors (Lipinski definition) is 3. The van der Waals surface area contributed by atoms with Crippen LogP contribution >= 0.6 is 0 Å². The molecule has 14 nitrogen and oxygen atoms in total. The molecule has 0 saturated heterocycles. The molecule has 2 saturated carbocycles. The zero-order chi connectivity index (χ0) is 30.6. The summed E-state index contributed by atoms with van der Waals surface area (Å²) in [5.41, 5.74) is 2.84. The number of rotatable bonds is 10. The predicted molar refractivity (Wildman–Crippen MR) is 158 cm³/mol. The summed E-state index contributed by atoms with van der Waals surface area (Å²) in [6.07, 6.45) is 6.17. The van der Waals surface area contributed by atoms with E-state index in [1.165, 1.54) is 13.1 Å². The average Bonchev–Trinajstić information content (AvgIpc) is 3.70. The van der Waals surface area contributed by atoms with Crippen LogP contribution in [0.4, 0.5) is 22.0 Å². The Labute approximate surface area is 252 Å². The Kier molecular flexibility index (Phi) is 7.92. The minimum atomic E-state index is -0.633. The topological polar surface area (TPSA) is 178 Å². The highest BCUT2D eigenvalue weighted by atomic mass is 16.6. The van der Waals surface area contributed by atoms with E-state index < -0.39 is 12.0 Å². The number of methoxy groups -OCH3 is 1. The van der Waals surface area contributed by atoms with E-state index in [1.807, 2.05) is 29.1 Å². The number of amides is 2. The number of carbonyl (C=O) groups excluding carboxylic acids is 2. The van der Waals surface area contributed by atoms with E-state index in [0.717, 1.165) is 36.8 Å². The lowest BCUT2D eigenvalue weighted by molar-refractivity contribution is 0.0607. The van der Waals surface area contributed by atoms with Crippen molar-refractivity contribution in [2.45, 2.75) is 43.9 Å². The van der Waals surface area contributed by atoms with E-state index in [1.54, 1.807) is 37.6 Å². The highest BCUT2D eigenvalue weighted by molar-refractivity contribution is 5.99. The van der Waals surface area contributed by atoms with Gasteiger partial charge < -0.3 is 24.8 Å². The van der Waals surface area contributed by atoms with Gasteiger partial charge in [-0.3, -0.25) is 14.8 Å². The molecule has 0 spiro atoms. The minimum Gasteiger partial charge on any atom is -0.494 e. The third-order valence-corrected chi connectivity index (χ3v) is 7.23. The fourth-order valence-electron chi connectivity index (χ4n) is 4.77. The van der Waals surface area contributed by atoms with Gasteiger partial charge in [0.2, 0.25) is 5.88 Å². The predicted octanol–water partition coefficient (Wildman–Crippen LogP) is 4.21. The van der Waals surface area contributed by atoms with Crippen LogP contribution in [0.2, 0.25) is 0 Å². The summed E-state index contributed by atoms with van der Waals surface area (Å²) in [6, 6.07) is 14.4. The molecule has 2 aliphatic rings. The molecule has 0 aliphatic heterocycles. The Morgan fingerprint density at radius 3 is 2.64 bits per heavy atom. The van der Waals surface area contributed by atoms with E-state index in [4.69, 9.17) is 19.5 Å². The van der Waals surface area contributed by atoms with Crippen LogP contribution < -0.4 is 25.4 Å². The van der Waals surface area contributed by atoms with Gasteiger partial charge in [-0.25, -0.2) is 9.78 Å². The van der Waals surface area contributed by atoms with Crippen LogP contribution in [0.25, 0.3) is 11.1 Å². The van der Waals surface area contributed by atoms with Crippen molar-refractivity contribution in [2.75, 3.05) is 24.8 Å². The zero-order valence-corrected chi connectivity index (χ0v) is 24.0. The summed E-state index contributed by atoms with van der Waals surface area (Å²) in [6.45, 7) is 0. The van der Waals surface area contributed by atoms with Gasteiger partial charge in [-0.1, -0.05) is 18.2 Å². The van der Waals surface area contributed by atoms with Crippen LogP contribution in [-0.2, 0) is 4.74 Å². The van der Waals surface area contributed by atoms with Crippen molar-refractivity contribution < 1.29 is 23.8 Å². The molecule has 0 unspecified atom stereocenters. The maximum absolute atomic E-state index is 12.6. The van der Waals surface area contributed by atoms with Crippen LogP contribution in [0.1, 0.15) is 47.9 Å². The van der Waals surface area contributed by atoms with Crippen LogP contribution in [0.15, 0.2) is 54.9 Å². The Hall–Kier alpha value is -5.71. The maximum atomic E-state index is 12.6. The second-order valence-corrected chi connectivity index (χ2v) is 10.4. The van der Waals surface area contributed by atoms with Crippen molar-refractivity contribution in [3.63, 3.8) is 0 Å². The molecule has 14 heteroatoms. The van der Waals surface area contributed by atoms with Crippen LogP contribution in [0, 0.1) is 11.3 Å². The lowest BCUT2D eigenvalue weighted by atomic mass is 9.89. The molecule has 0 radical (unpaired) electrons. The van der Waals surface area contributed by atoms with Crippen molar-refractivity contribution in [3.05, 3.63) is 66.2 Å². The molecule has 3 aromatic heterocycles. The standard InChI is InChI=1S/C30H29N9O5/c1-32-29(40)27-24(13-25(37-38-27)36-30(41)44-20-9-10-20)35-23-7-4-6-22(28(23)42-2)17-15-33-39(16-17)19-11-21(12-19)43-26-8-3-5-18(14-31)34-26/h3-8,13,15-16,19-21H,9-12H2,1-2H3,(H,32,40)(H2,35,36,37,41). The molecule has 3 N–H and O–H groups in total. The third-order valence-electron chi connectivity index (χ3n) is 7.23. The number of benzene rings is 1. The minimum absolute atomic E-state index is 0.0189. The second-order valence-electron chi connectivity index (χ2n) is 10.4. The Morgan fingerprint density at radius 2 is 1.89 bits per heavy atom. The van der Waals surface area contributed by atoms with Crippen LogP contribution in [-0.4, -0.2) is 63.3 Å². The third kappa shape index (κ3) is 6.21. The Morgan fingerprint density at radius 1 is 1.07 bits per heavy atom. The highest BCUT2D eigenvalue weighted by Crippen LogP contribution is 2.40. The first-order valence-corrected chi connectivity index (χ1v) is 14.0. The van der Waals surface area contributed by atoms with Gasteiger partial charge in [0.15, 0.2) is 11.5 Å². The molecule has 6 rings (SSSR count). The van der Waals surface area contributed by atoms with Crippen molar-refractivity contribution in [1.82, 2.24) is 30.3 Å². The normalized spacial score (nSPS) is 17.0.